The van der Waals surface area contributed by atoms with Crippen molar-refractivity contribution in [1.82, 2.24) is 4.98 Å². The van der Waals surface area contributed by atoms with E-state index in [9.17, 15) is 4.39 Å². The molecule has 0 aliphatic heterocycles. The molecule has 1 heterocycles. The summed E-state index contributed by atoms with van der Waals surface area (Å²) in [6.07, 6.45) is 3.46. The van der Waals surface area contributed by atoms with E-state index >= 15 is 0 Å². The van der Waals surface area contributed by atoms with E-state index in [2.05, 4.69) is 36.3 Å². The molecular weight excluding hydrogens is 239 g/mol. The number of nitrogens with zero attached hydrogens (tertiary/aromatic N) is 1. The highest BCUT2D eigenvalue weighted by atomic mass is 19.1. The Labute approximate surface area is 113 Å². The van der Waals surface area contributed by atoms with Gasteiger partial charge >= 0.3 is 0 Å². The smallest absolute Gasteiger partial charge is 0.165 e. The summed E-state index contributed by atoms with van der Waals surface area (Å²) < 4.78 is 13.6. The standard InChI is InChI=1S/C16H19FN2/c1-16(2,11-10-13-7-4-3-5-8-13)19-15-14(17)9-6-12-18-15/h3-9,12H,10-11H2,1-2H3,(H,18,19). The zero-order valence-corrected chi connectivity index (χ0v) is 11.4. The number of nitrogens with one attached hydrogen (secondary N) is 1. The lowest BCUT2D eigenvalue weighted by Crippen LogP contribution is -2.32. The largest absolute Gasteiger partial charge is 0.363 e. The van der Waals surface area contributed by atoms with Crippen LogP contribution in [0, 0.1) is 5.82 Å². The topological polar surface area (TPSA) is 24.9 Å². The lowest BCUT2D eigenvalue weighted by molar-refractivity contribution is 0.508. The van der Waals surface area contributed by atoms with Gasteiger partial charge in [0.05, 0.1) is 0 Å². The highest BCUT2D eigenvalue weighted by Crippen LogP contribution is 2.20. The third kappa shape index (κ3) is 4.05. The number of aryl methyl sites for hydroxylation is 1. The normalized spacial score (nSPS) is 11.3. The van der Waals surface area contributed by atoms with E-state index in [1.165, 1.54) is 11.6 Å². The summed E-state index contributed by atoms with van der Waals surface area (Å²) in [5, 5.41) is 3.17. The molecule has 0 fully saturated rings. The van der Waals surface area contributed by atoms with Gasteiger partial charge in [-0.1, -0.05) is 30.3 Å². The van der Waals surface area contributed by atoms with E-state index in [1.54, 1.807) is 12.3 Å². The summed E-state index contributed by atoms with van der Waals surface area (Å²) in [5.74, 6) is 0.0100. The Morgan fingerprint density at radius 3 is 2.53 bits per heavy atom. The Bertz CT molecular complexity index is 523. The summed E-state index contributed by atoms with van der Waals surface area (Å²) >= 11 is 0. The molecule has 2 aromatic rings. The second-order valence-corrected chi connectivity index (χ2v) is 5.33. The third-order valence-electron chi connectivity index (χ3n) is 3.10. The fourth-order valence-corrected chi connectivity index (χ4v) is 1.96. The average molecular weight is 258 g/mol. The molecule has 0 spiro atoms. The maximum atomic E-state index is 13.6. The van der Waals surface area contributed by atoms with Crippen LogP contribution in [0.15, 0.2) is 48.7 Å². The fraction of sp³-hybridized carbons (Fsp3) is 0.312. The quantitative estimate of drug-likeness (QED) is 0.875. The van der Waals surface area contributed by atoms with Crippen molar-refractivity contribution in [1.29, 1.82) is 0 Å². The van der Waals surface area contributed by atoms with Crippen LogP contribution in [0.25, 0.3) is 0 Å². The molecule has 3 heteroatoms. The van der Waals surface area contributed by atoms with Crippen LogP contribution in [0.4, 0.5) is 10.2 Å². The molecule has 0 unspecified atom stereocenters. The highest BCUT2D eigenvalue weighted by Gasteiger charge is 2.19. The SMILES string of the molecule is CC(C)(CCc1ccccc1)Nc1ncccc1F. The molecule has 0 bridgehead atoms. The molecule has 0 aliphatic carbocycles. The van der Waals surface area contributed by atoms with Gasteiger partial charge in [-0.15, -0.1) is 0 Å². The minimum absolute atomic E-state index is 0.203. The molecule has 1 N–H and O–H groups in total. The number of benzene rings is 1. The zero-order valence-electron chi connectivity index (χ0n) is 11.4. The summed E-state index contributed by atoms with van der Waals surface area (Å²) in [6, 6.07) is 13.3. The number of aromatic nitrogens is 1. The molecule has 100 valence electrons. The number of anilines is 1. The van der Waals surface area contributed by atoms with E-state index in [0.717, 1.165) is 12.8 Å². The van der Waals surface area contributed by atoms with E-state index < -0.39 is 0 Å². The predicted molar refractivity (Wildman–Crippen MR) is 76.7 cm³/mol. The molecule has 1 aromatic heterocycles. The van der Waals surface area contributed by atoms with Gasteiger partial charge in [0.15, 0.2) is 11.6 Å². The Morgan fingerprint density at radius 1 is 1.11 bits per heavy atom. The number of hydrogen-bond acceptors (Lipinski definition) is 2. The van der Waals surface area contributed by atoms with E-state index in [0.29, 0.717) is 5.82 Å². The number of hydrogen-bond donors (Lipinski definition) is 1. The van der Waals surface area contributed by atoms with Crippen molar-refractivity contribution >= 4 is 5.82 Å². The molecule has 0 saturated carbocycles. The Kier molecular flexibility index (Phi) is 4.15. The number of halogens is 1. The Balaban J connectivity index is 1.97. The Hall–Kier alpha value is -1.90. The zero-order chi connectivity index (χ0) is 13.7. The maximum absolute atomic E-state index is 13.6. The van der Waals surface area contributed by atoms with Crippen LogP contribution in [-0.2, 0) is 6.42 Å². The van der Waals surface area contributed by atoms with E-state index in [1.807, 2.05) is 18.2 Å². The van der Waals surface area contributed by atoms with E-state index in [4.69, 9.17) is 0 Å². The highest BCUT2D eigenvalue weighted by molar-refractivity contribution is 5.38. The molecule has 0 amide bonds. The van der Waals surface area contributed by atoms with Crippen molar-refractivity contribution in [2.75, 3.05) is 5.32 Å². The van der Waals surface area contributed by atoms with Gasteiger partial charge in [0.1, 0.15) is 0 Å². The van der Waals surface area contributed by atoms with Crippen molar-refractivity contribution in [3.05, 3.63) is 60.0 Å². The van der Waals surface area contributed by atoms with Crippen LogP contribution >= 0.6 is 0 Å². The second kappa shape index (κ2) is 5.83. The van der Waals surface area contributed by atoms with Crippen LogP contribution in [0.3, 0.4) is 0 Å². The van der Waals surface area contributed by atoms with Gasteiger partial charge in [0.2, 0.25) is 0 Å². The summed E-state index contributed by atoms with van der Waals surface area (Å²) in [5.41, 5.74) is 1.09. The summed E-state index contributed by atoms with van der Waals surface area (Å²) in [6.45, 7) is 4.12. The first-order valence-corrected chi connectivity index (χ1v) is 6.49. The number of pyridine rings is 1. The molecule has 2 rings (SSSR count). The minimum atomic E-state index is -0.310. The average Bonchev–Trinajstić information content (AvgIpc) is 2.40. The summed E-state index contributed by atoms with van der Waals surface area (Å²) in [7, 11) is 0. The molecule has 0 atom stereocenters. The molecule has 1 aromatic carbocycles. The van der Waals surface area contributed by atoms with Crippen molar-refractivity contribution in [3.63, 3.8) is 0 Å². The van der Waals surface area contributed by atoms with Crippen molar-refractivity contribution < 1.29 is 4.39 Å². The number of rotatable bonds is 5. The summed E-state index contributed by atoms with van der Waals surface area (Å²) in [4.78, 5) is 4.03. The van der Waals surface area contributed by atoms with Crippen LogP contribution < -0.4 is 5.32 Å². The lowest BCUT2D eigenvalue weighted by atomic mass is 9.95. The monoisotopic (exact) mass is 258 g/mol. The van der Waals surface area contributed by atoms with Crippen LogP contribution in [0.1, 0.15) is 25.8 Å². The molecule has 0 saturated heterocycles. The molecule has 0 aliphatic rings. The van der Waals surface area contributed by atoms with Gasteiger partial charge in [-0.3, -0.25) is 0 Å². The van der Waals surface area contributed by atoms with Crippen molar-refractivity contribution in [2.45, 2.75) is 32.2 Å². The van der Waals surface area contributed by atoms with Crippen LogP contribution in [0.5, 0.6) is 0 Å². The fourth-order valence-electron chi connectivity index (χ4n) is 1.96. The molecule has 0 radical (unpaired) electrons. The first-order chi connectivity index (χ1) is 9.07. The minimum Gasteiger partial charge on any atom is -0.363 e. The van der Waals surface area contributed by atoms with Gasteiger partial charge in [-0.05, 0) is 44.4 Å². The predicted octanol–water partition coefficient (Wildman–Crippen LogP) is 4.04. The van der Waals surface area contributed by atoms with Gasteiger partial charge in [0, 0.05) is 11.7 Å². The van der Waals surface area contributed by atoms with Crippen LogP contribution in [0.2, 0.25) is 0 Å². The lowest BCUT2D eigenvalue weighted by Gasteiger charge is -2.27. The van der Waals surface area contributed by atoms with E-state index in [-0.39, 0.29) is 11.4 Å². The Morgan fingerprint density at radius 2 is 1.84 bits per heavy atom. The molecular formula is C16H19FN2. The maximum Gasteiger partial charge on any atom is 0.165 e. The molecule has 19 heavy (non-hydrogen) atoms. The second-order valence-electron chi connectivity index (χ2n) is 5.33. The van der Waals surface area contributed by atoms with Crippen LogP contribution in [-0.4, -0.2) is 10.5 Å². The molecule has 2 nitrogen and oxygen atoms in total. The van der Waals surface area contributed by atoms with Gasteiger partial charge in [-0.25, -0.2) is 9.37 Å². The first-order valence-electron chi connectivity index (χ1n) is 6.49. The van der Waals surface area contributed by atoms with Gasteiger partial charge in [0.25, 0.3) is 0 Å². The van der Waals surface area contributed by atoms with Gasteiger partial charge in [-0.2, -0.15) is 0 Å². The first kappa shape index (κ1) is 13.5. The van der Waals surface area contributed by atoms with Crippen molar-refractivity contribution in [2.24, 2.45) is 0 Å². The van der Waals surface area contributed by atoms with Crippen molar-refractivity contribution in [3.8, 4) is 0 Å². The van der Waals surface area contributed by atoms with Gasteiger partial charge < -0.3 is 5.32 Å². The third-order valence-corrected chi connectivity index (χ3v) is 3.10.